The number of β-lactam (4-membered cyclic amide) rings is 1. The van der Waals surface area contributed by atoms with Gasteiger partial charge in [0, 0.05) is 49.1 Å². The number of pyridine rings is 1. The van der Waals surface area contributed by atoms with E-state index in [1.807, 2.05) is 0 Å². The predicted molar refractivity (Wildman–Crippen MR) is 229 cm³/mol. The van der Waals surface area contributed by atoms with Crippen molar-refractivity contribution in [3.05, 3.63) is 99.5 Å². The molecule has 3 unspecified atom stereocenters. The molecule has 0 radical (unpaired) electrons. The number of hydrogen-bond acceptors (Lipinski definition) is 16. The van der Waals surface area contributed by atoms with Crippen LogP contribution in [0.2, 0.25) is 0 Å². The average molecular weight is 915 g/mol. The third kappa shape index (κ3) is 9.46. The lowest BCUT2D eigenvalue weighted by atomic mass is 9.98. The molecule has 0 bridgehead atoms. The number of carbonyl (C=O) groups is 7. The molecule has 3 aliphatic heterocycles. The first-order chi connectivity index (χ1) is 30.7. The lowest BCUT2D eigenvalue weighted by Crippen LogP contribution is -2.71. The van der Waals surface area contributed by atoms with Crippen LogP contribution in [0.5, 0.6) is 0 Å². The topological polar surface area (TPSA) is 293 Å². The third-order valence-electron chi connectivity index (χ3n) is 10.7. The van der Waals surface area contributed by atoms with Crippen molar-refractivity contribution in [3.8, 4) is 11.3 Å². The molecular formula is C41H42N10O11S2. The minimum atomic E-state index is -1.38. The van der Waals surface area contributed by atoms with Crippen LogP contribution in [-0.4, -0.2) is 128 Å². The Bertz CT molecular complexity index is 2590. The summed E-state index contributed by atoms with van der Waals surface area (Å²) in [7, 11) is 0. The number of esters is 1. The number of amides is 4. The molecule has 2 saturated heterocycles. The molecule has 4 aromatic rings. The number of nitrogens with two attached hydrogens (primary N) is 1. The molecule has 64 heavy (non-hydrogen) atoms. The van der Waals surface area contributed by atoms with Crippen LogP contribution in [0.4, 0.5) is 5.69 Å². The molecule has 2 aromatic heterocycles. The standard InChI is InChI=1S/C41H42N10O11S2/c1-3-31(55)62-27-15-29(43-16-27)36(57)50(21(2)52)26-12-9-22(10-13-26)28-14-11-24(35(56)44-28)17-48(37(58)32(42)23-7-5-4-6-8-23)34-38(59)51-33(40(60)61)25(19-63-39(34)51)20-64-41-45-46-47-49(41)18-30(53)54/h4-14,27,29,32,34,39,43H,3,15-20,42H2,1-2H3,(H,44,56)(H,53,54)(H,60,61)/t27?,29-,32?,34?,39-/m0/s1. The van der Waals surface area contributed by atoms with Crippen LogP contribution >= 0.6 is 23.5 Å². The Balaban J connectivity index is 1.11. The molecule has 23 heteroatoms. The predicted octanol–water partition coefficient (Wildman–Crippen LogP) is 1.12. The molecule has 0 spiro atoms. The molecule has 4 amide bonds. The van der Waals surface area contributed by atoms with Gasteiger partial charge in [-0.25, -0.2) is 14.4 Å². The van der Waals surface area contributed by atoms with Crippen molar-refractivity contribution in [2.24, 2.45) is 5.73 Å². The molecule has 0 saturated carbocycles. The van der Waals surface area contributed by atoms with Crippen molar-refractivity contribution >= 4 is 70.7 Å². The first kappa shape index (κ1) is 45.3. The van der Waals surface area contributed by atoms with E-state index in [1.54, 1.807) is 67.6 Å². The zero-order valence-electron chi connectivity index (χ0n) is 34.3. The molecule has 0 aliphatic carbocycles. The first-order valence-corrected chi connectivity index (χ1v) is 21.9. The molecule has 334 valence electrons. The SMILES string of the molecule is CCC(=O)OC1CN[C@H](C(=O)N(C(C)=O)c2ccc(-c3ccc(CN(C(=O)C(N)c4ccccc4)C4C(=O)N5C(C(=O)O)=C(CSc6nnnn6CC(=O)O)CS[C@@H]45)c(=O)[nH]3)cc2)C1. The summed E-state index contributed by atoms with van der Waals surface area (Å²) in [6, 6.07) is 14.7. The molecular weight excluding hydrogens is 873 g/mol. The smallest absolute Gasteiger partial charge is 0.352 e. The first-order valence-electron chi connectivity index (χ1n) is 19.9. The number of rotatable bonds is 16. The highest BCUT2D eigenvalue weighted by Crippen LogP contribution is 2.44. The lowest BCUT2D eigenvalue weighted by molar-refractivity contribution is -0.161. The second-order valence-corrected chi connectivity index (χ2v) is 16.9. The number of hydrogen-bond donors (Lipinski definition) is 5. The second-order valence-electron chi connectivity index (χ2n) is 14.9. The molecule has 5 heterocycles. The van der Waals surface area contributed by atoms with Gasteiger partial charge in [-0.15, -0.1) is 16.9 Å². The maximum atomic E-state index is 14.3. The monoisotopic (exact) mass is 914 g/mol. The number of nitrogens with zero attached hydrogens (tertiary/aromatic N) is 7. The summed E-state index contributed by atoms with van der Waals surface area (Å²) in [5.41, 5.74) is 7.69. The number of nitrogens with one attached hydrogen (secondary N) is 2. The minimum Gasteiger partial charge on any atom is -0.480 e. The van der Waals surface area contributed by atoms with Gasteiger partial charge in [-0.2, -0.15) is 0 Å². The van der Waals surface area contributed by atoms with Gasteiger partial charge in [0.05, 0.1) is 18.3 Å². The molecule has 2 fully saturated rings. The summed E-state index contributed by atoms with van der Waals surface area (Å²) in [5, 5.41) is 32.8. The third-order valence-corrected chi connectivity index (χ3v) is 13.1. The highest BCUT2D eigenvalue weighted by atomic mass is 32.2. The summed E-state index contributed by atoms with van der Waals surface area (Å²) in [4.78, 5) is 110. The number of fused-ring (bicyclic) bond motifs is 1. The summed E-state index contributed by atoms with van der Waals surface area (Å²) in [6.45, 7) is 2.33. The van der Waals surface area contributed by atoms with Crippen molar-refractivity contribution in [2.75, 3.05) is 23.0 Å². The summed E-state index contributed by atoms with van der Waals surface area (Å²) in [5.74, 6) is -5.21. The van der Waals surface area contributed by atoms with E-state index in [0.29, 0.717) is 22.4 Å². The van der Waals surface area contributed by atoms with Crippen LogP contribution in [0.3, 0.4) is 0 Å². The number of aromatic nitrogens is 5. The largest absolute Gasteiger partial charge is 0.480 e. The fourth-order valence-corrected chi connectivity index (χ4v) is 9.97. The number of carboxylic acid groups (broad SMARTS) is 2. The molecule has 6 N–H and O–H groups in total. The maximum Gasteiger partial charge on any atom is 0.352 e. The van der Waals surface area contributed by atoms with Gasteiger partial charge in [-0.3, -0.25) is 38.5 Å². The number of aromatic amines is 1. The normalized spacial score (nSPS) is 19.6. The summed E-state index contributed by atoms with van der Waals surface area (Å²) in [6.07, 6.45) is -0.100. The highest BCUT2D eigenvalue weighted by molar-refractivity contribution is 8.01. The number of carboxylic acids is 2. The van der Waals surface area contributed by atoms with Crippen LogP contribution in [0.25, 0.3) is 11.3 Å². The van der Waals surface area contributed by atoms with Crippen molar-refractivity contribution in [3.63, 3.8) is 0 Å². The van der Waals surface area contributed by atoms with Gasteiger partial charge in [-0.1, -0.05) is 61.2 Å². The van der Waals surface area contributed by atoms with Crippen LogP contribution < -0.4 is 21.5 Å². The number of carbonyl (C=O) groups excluding carboxylic acids is 5. The van der Waals surface area contributed by atoms with Gasteiger partial charge < -0.3 is 35.9 Å². The Labute approximate surface area is 372 Å². The number of thioether (sulfide) groups is 2. The Morgan fingerprint density at radius 1 is 1.03 bits per heavy atom. The highest BCUT2D eigenvalue weighted by Gasteiger charge is 2.57. The van der Waals surface area contributed by atoms with Gasteiger partial charge in [0.1, 0.15) is 35.8 Å². The van der Waals surface area contributed by atoms with Gasteiger partial charge >= 0.3 is 17.9 Å². The van der Waals surface area contributed by atoms with Crippen LogP contribution in [0.15, 0.2) is 88.0 Å². The Kier molecular flexibility index (Phi) is 13.7. The Hall–Kier alpha value is -6.69. The van der Waals surface area contributed by atoms with Crippen molar-refractivity contribution in [1.29, 1.82) is 0 Å². The quantitative estimate of drug-likeness (QED) is 0.0598. The van der Waals surface area contributed by atoms with Crippen molar-refractivity contribution in [2.45, 2.75) is 74.5 Å². The Morgan fingerprint density at radius 3 is 2.42 bits per heavy atom. The molecule has 2 aromatic carbocycles. The van der Waals surface area contributed by atoms with E-state index in [-0.39, 0.29) is 65.5 Å². The molecule has 21 nitrogen and oxygen atoms in total. The number of imide groups is 1. The van der Waals surface area contributed by atoms with Gasteiger partial charge in [-0.05, 0) is 51.4 Å². The maximum absolute atomic E-state index is 14.3. The fourth-order valence-electron chi connectivity index (χ4n) is 7.54. The molecule has 5 atom stereocenters. The van der Waals surface area contributed by atoms with Gasteiger partial charge in [0.2, 0.25) is 17.0 Å². The molecule has 7 rings (SSSR count). The summed E-state index contributed by atoms with van der Waals surface area (Å²) < 4.78 is 6.40. The average Bonchev–Trinajstić information content (AvgIpc) is 3.94. The van der Waals surface area contributed by atoms with Crippen LogP contribution in [0.1, 0.15) is 43.9 Å². The number of aliphatic carboxylic acids is 2. The van der Waals surface area contributed by atoms with E-state index >= 15 is 0 Å². The number of benzene rings is 2. The van der Waals surface area contributed by atoms with E-state index in [2.05, 4.69) is 25.8 Å². The van der Waals surface area contributed by atoms with Gasteiger partial charge in [0.25, 0.3) is 17.4 Å². The zero-order chi connectivity index (χ0) is 45.8. The van der Waals surface area contributed by atoms with E-state index in [1.165, 1.54) is 29.7 Å². The number of ether oxygens (including phenoxy) is 1. The lowest BCUT2D eigenvalue weighted by Gasteiger charge is -2.53. The van der Waals surface area contributed by atoms with Crippen molar-refractivity contribution in [1.82, 2.24) is 40.3 Å². The minimum absolute atomic E-state index is 0.0201. The van der Waals surface area contributed by atoms with E-state index in [4.69, 9.17) is 10.5 Å². The number of H-pyrrole nitrogens is 1. The van der Waals surface area contributed by atoms with Crippen LogP contribution in [0, 0.1) is 0 Å². The molecule has 3 aliphatic rings. The van der Waals surface area contributed by atoms with Crippen molar-refractivity contribution < 1.29 is 48.5 Å². The van der Waals surface area contributed by atoms with Crippen LogP contribution in [-0.2, 0) is 51.4 Å². The zero-order valence-corrected chi connectivity index (χ0v) is 35.9. The fraction of sp³-hybridized carbons (Fsp3) is 0.341. The van der Waals surface area contributed by atoms with Gasteiger partial charge in [0.15, 0.2) is 0 Å². The van der Waals surface area contributed by atoms with E-state index in [0.717, 1.165) is 26.2 Å². The van der Waals surface area contributed by atoms with E-state index < -0.39 is 77.3 Å². The number of anilines is 1. The summed E-state index contributed by atoms with van der Waals surface area (Å²) >= 11 is 2.23. The number of tetrazole rings is 1. The second kappa shape index (κ2) is 19.4. The van der Waals surface area contributed by atoms with E-state index in [9.17, 15) is 48.6 Å². The Morgan fingerprint density at radius 2 is 1.77 bits per heavy atom.